The van der Waals surface area contributed by atoms with Gasteiger partial charge in [-0.25, -0.2) is 9.37 Å². The van der Waals surface area contributed by atoms with Gasteiger partial charge >= 0.3 is 0 Å². The van der Waals surface area contributed by atoms with Crippen LogP contribution in [0.4, 0.5) is 10.2 Å². The van der Waals surface area contributed by atoms with Crippen molar-refractivity contribution in [3.05, 3.63) is 23.6 Å². The van der Waals surface area contributed by atoms with Crippen LogP contribution < -0.4 is 10.6 Å². The van der Waals surface area contributed by atoms with Crippen molar-refractivity contribution in [3.63, 3.8) is 0 Å². The maximum absolute atomic E-state index is 13.2. The molecule has 2 N–H and O–H groups in total. The summed E-state index contributed by atoms with van der Waals surface area (Å²) in [7, 11) is 1.67. The van der Waals surface area contributed by atoms with Gasteiger partial charge in [0, 0.05) is 18.3 Å². The summed E-state index contributed by atoms with van der Waals surface area (Å²) in [5.74, 6) is 0.748. The number of rotatable bonds is 5. The molecule has 20 heavy (non-hydrogen) atoms. The standard InChI is InChI=1S/C14H20FN3OS/c1-3-20-11-5-4-10(7-11)18-14(19)12-6-9(15)8-17-13(12)16-2/h6,8,10-11H,3-5,7H2,1-2H3,(H,16,17)(H,18,19). The van der Waals surface area contributed by atoms with Crippen LogP contribution in [-0.2, 0) is 0 Å². The van der Waals surface area contributed by atoms with E-state index in [2.05, 4.69) is 22.5 Å². The van der Waals surface area contributed by atoms with Crippen molar-refractivity contribution < 1.29 is 9.18 Å². The third-order valence-corrected chi connectivity index (χ3v) is 4.69. The van der Waals surface area contributed by atoms with Gasteiger partial charge in [0.2, 0.25) is 0 Å². The van der Waals surface area contributed by atoms with E-state index in [1.54, 1.807) is 7.05 Å². The molecule has 1 aromatic rings. The van der Waals surface area contributed by atoms with Crippen LogP contribution in [0.2, 0.25) is 0 Å². The Morgan fingerprint density at radius 1 is 1.55 bits per heavy atom. The van der Waals surface area contributed by atoms with E-state index in [1.165, 1.54) is 6.07 Å². The first-order chi connectivity index (χ1) is 9.63. The molecule has 2 atom stereocenters. The summed E-state index contributed by atoms with van der Waals surface area (Å²) in [5, 5.41) is 6.43. The second kappa shape index (κ2) is 6.92. The van der Waals surface area contributed by atoms with Gasteiger partial charge in [0.25, 0.3) is 5.91 Å². The number of thioether (sulfide) groups is 1. The lowest BCUT2D eigenvalue weighted by atomic mass is 10.2. The molecule has 1 saturated carbocycles. The molecule has 1 heterocycles. The molecule has 1 fully saturated rings. The number of carbonyl (C=O) groups excluding carboxylic acids is 1. The number of pyridine rings is 1. The fraction of sp³-hybridized carbons (Fsp3) is 0.571. The maximum atomic E-state index is 13.2. The Morgan fingerprint density at radius 3 is 3.05 bits per heavy atom. The van der Waals surface area contributed by atoms with Gasteiger partial charge in [0.1, 0.15) is 11.6 Å². The first-order valence-corrected chi connectivity index (χ1v) is 7.94. The number of anilines is 1. The predicted octanol–water partition coefficient (Wildman–Crippen LogP) is 2.67. The predicted molar refractivity (Wildman–Crippen MR) is 80.8 cm³/mol. The average molecular weight is 297 g/mol. The topological polar surface area (TPSA) is 54.0 Å². The Morgan fingerprint density at radius 2 is 2.35 bits per heavy atom. The largest absolute Gasteiger partial charge is 0.372 e. The monoisotopic (exact) mass is 297 g/mol. The minimum atomic E-state index is -0.500. The third kappa shape index (κ3) is 3.62. The number of carbonyl (C=O) groups is 1. The normalized spacial score (nSPS) is 21.8. The van der Waals surface area contributed by atoms with Crippen molar-refractivity contribution >= 4 is 23.5 Å². The van der Waals surface area contributed by atoms with Crippen LogP contribution in [0.1, 0.15) is 36.5 Å². The first-order valence-electron chi connectivity index (χ1n) is 6.89. The SMILES string of the molecule is CCSC1CCC(NC(=O)c2cc(F)cnc2NC)C1. The molecule has 110 valence electrons. The number of aromatic nitrogens is 1. The van der Waals surface area contributed by atoms with Crippen LogP contribution in [0.5, 0.6) is 0 Å². The molecule has 0 saturated heterocycles. The minimum Gasteiger partial charge on any atom is -0.372 e. The average Bonchev–Trinajstić information content (AvgIpc) is 2.86. The van der Waals surface area contributed by atoms with E-state index in [9.17, 15) is 9.18 Å². The number of nitrogens with one attached hydrogen (secondary N) is 2. The van der Waals surface area contributed by atoms with Crippen molar-refractivity contribution in [2.24, 2.45) is 0 Å². The lowest BCUT2D eigenvalue weighted by Gasteiger charge is -2.14. The van der Waals surface area contributed by atoms with E-state index in [1.807, 2.05) is 11.8 Å². The van der Waals surface area contributed by atoms with E-state index >= 15 is 0 Å². The Kier molecular flexibility index (Phi) is 5.23. The molecule has 4 nitrogen and oxygen atoms in total. The lowest BCUT2D eigenvalue weighted by molar-refractivity contribution is 0.0938. The lowest BCUT2D eigenvalue weighted by Crippen LogP contribution is -2.33. The van der Waals surface area contributed by atoms with Gasteiger partial charge in [-0.15, -0.1) is 0 Å². The number of amides is 1. The fourth-order valence-corrected chi connectivity index (χ4v) is 3.68. The van der Waals surface area contributed by atoms with E-state index in [4.69, 9.17) is 0 Å². The van der Waals surface area contributed by atoms with E-state index < -0.39 is 5.82 Å². The second-order valence-electron chi connectivity index (χ2n) is 4.86. The molecular weight excluding hydrogens is 277 g/mol. The molecule has 0 spiro atoms. The quantitative estimate of drug-likeness (QED) is 0.877. The Labute approximate surface area is 122 Å². The molecule has 0 aliphatic heterocycles. The van der Waals surface area contributed by atoms with Crippen LogP contribution in [0, 0.1) is 5.82 Å². The molecule has 1 aromatic heterocycles. The zero-order chi connectivity index (χ0) is 14.5. The van der Waals surface area contributed by atoms with Crippen molar-refractivity contribution in [1.82, 2.24) is 10.3 Å². The summed E-state index contributed by atoms with van der Waals surface area (Å²) in [5.41, 5.74) is 0.263. The van der Waals surface area contributed by atoms with Gasteiger partial charge < -0.3 is 10.6 Å². The summed E-state index contributed by atoms with van der Waals surface area (Å²) in [4.78, 5) is 16.1. The minimum absolute atomic E-state index is 0.180. The first kappa shape index (κ1) is 15.1. The highest BCUT2D eigenvalue weighted by Crippen LogP contribution is 2.30. The van der Waals surface area contributed by atoms with E-state index in [0.29, 0.717) is 11.1 Å². The van der Waals surface area contributed by atoms with E-state index in [-0.39, 0.29) is 17.5 Å². The molecule has 6 heteroatoms. The fourth-order valence-electron chi connectivity index (χ4n) is 2.53. The number of hydrogen-bond donors (Lipinski definition) is 2. The van der Waals surface area contributed by atoms with Crippen LogP contribution in [0.15, 0.2) is 12.3 Å². The third-order valence-electron chi connectivity index (χ3n) is 3.46. The molecule has 0 radical (unpaired) electrons. The van der Waals surface area contributed by atoms with Gasteiger partial charge in [-0.2, -0.15) is 11.8 Å². The molecule has 1 aliphatic carbocycles. The van der Waals surface area contributed by atoms with Crippen molar-refractivity contribution in [3.8, 4) is 0 Å². The summed E-state index contributed by atoms with van der Waals surface area (Å²) >= 11 is 1.94. The number of halogens is 1. The highest BCUT2D eigenvalue weighted by Gasteiger charge is 2.26. The summed E-state index contributed by atoms with van der Waals surface area (Å²) in [6.07, 6.45) is 4.21. The molecule has 0 aromatic carbocycles. The Hall–Kier alpha value is -1.30. The van der Waals surface area contributed by atoms with Crippen molar-refractivity contribution in [2.75, 3.05) is 18.1 Å². The highest BCUT2D eigenvalue weighted by atomic mass is 32.2. The Bertz CT molecular complexity index is 483. The van der Waals surface area contributed by atoms with Gasteiger partial charge in [-0.05, 0) is 31.1 Å². The van der Waals surface area contributed by atoms with Crippen molar-refractivity contribution in [2.45, 2.75) is 37.5 Å². The van der Waals surface area contributed by atoms with Gasteiger partial charge in [0.05, 0.1) is 11.8 Å². The molecule has 2 unspecified atom stereocenters. The van der Waals surface area contributed by atoms with Gasteiger partial charge in [-0.1, -0.05) is 6.92 Å². The number of hydrogen-bond acceptors (Lipinski definition) is 4. The van der Waals surface area contributed by atoms with Gasteiger partial charge in [-0.3, -0.25) is 4.79 Å². The molecule has 1 amide bonds. The van der Waals surface area contributed by atoms with Crippen LogP contribution in [-0.4, -0.2) is 35.0 Å². The van der Waals surface area contributed by atoms with E-state index in [0.717, 1.165) is 31.2 Å². The summed E-state index contributed by atoms with van der Waals surface area (Å²) in [6, 6.07) is 1.40. The maximum Gasteiger partial charge on any atom is 0.255 e. The van der Waals surface area contributed by atoms with Crippen LogP contribution >= 0.6 is 11.8 Å². The van der Waals surface area contributed by atoms with Crippen LogP contribution in [0.3, 0.4) is 0 Å². The van der Waals surface area contributed by atoms with Crippen LogP contribution in [0.25, 0.3) is 0 Å². The van der Waals surface area contributed by atoms with Crippen molar-refractivity contribution in [1.29, 1.82) is 0 Å². The zero-order valence-corrected chi connectivity index (χ0v) is 12.6. The molecule has 1 aliphatic rings. The zero-order valence-electron chi connectivity index (χ0n) is 11.8. The smallest absolute Gasteiger partial charge is 0.255 e. The molecule has 0 bridgehead atoms. The van der Waals surface area contributed by atoms with Gasteiger partial charge in [0.15, 0.2) is 0 Å². The molecule has 2 rings (SSSR count). The highest BCUT2D eigenvalue weighted by molar-refractivity contribution is 7.99. The molecular formula is C14H20FN3OS. The summed E-state index contributed by atoms with van der Waals surface area (Å²) in [6.45, 7) is 2.15. The Balaban J connectivity index is 2.00. The number of nitrogens with zero attached hydrogens (tertiary/aromatic N) is 1. The second-order valence-corrected chi connectivity index (χ2v) is 6.44. The summed E-state index contributed by atoms with van der Waals surface area (Å²) < 4.78 is 13.2.